The van der Waals surface area contributed by atoms with Crippen molar-refractivity contribution in [1.82, 2.24) is 20.2 Å². The fourth-order valence-corrected chi connectivity index (χ4v) is 4.98. The smallest absolute Gasteiger partial charge is 0.398 e. The van der Waals surface area contributed by atoms with Crippen molar-refractivity contribution in [2.75, 3.05) is 43.9 Å². The summed E-state index contributed by atoms with van der Waals surface area (Å²) < 4.78 is 53.2. The highest BCUT2D eigenvalue weighted by Crippen LogP contribution is 2.32. The van der Waals surface area contributed by atoms with Gasteiger partial charge in [0.2, 0.25) is 5.95 Å². The summed E-state index contributed by atoms with van der Waals surface area (Å²) in [4.78, 5) is 34.4. The van der Waals surface area contributed by atoms with Crippen LogP contribution in [0.25, 0.3) is 0 Å². The SMILES string of the molecule is CNC(=O)c1ccc(N2CCC(N3CCC(c4cc(N)c(C(=N)C(F)(F)F)c(=O)[nH]4)C3)CC2)c(F)n1. The van der Waals surface area contributed by atoms with Gasteiger partial charge in [-0.15, -0.1) is 0 Å². The van der Waals surface area contributed by atoms with Gasteiger partial charge in [-0.25, -0.2) is 4.98 Å². The van der Waals surface area contributed by atoms with Gasteiger partial charge < -0.3 is 20.9 Å². The largest absolute Gasteiger partial charge is 0.433 e. The van der Waals surface area contributed by atoms with E-state index < -0.39 is 34.9 Å². The minimum atomic E-state index is -4.97. The number of amides is 1. The van der Waals surface area contributed by atoms with Crippen LogP contribution < -0.4 is 21.5 Å². The topological polar surface area (TPSA) is 131 Å². The van der Waals surface area contributed by atoms with E-state index in [0.717, 1.165) is 19.4 Å². The highest BCUT2D eigenvalue weighted by molar-refractivity contribution is 6.05. The fraction of sp³-hybridized carbons (Fsp3) is 0.478. The van der Waals surface area contributed by atoms with Crippen LogP contribution in [0, 0.1) is 11.4 Å². The Morgan fingerprint density at radius 2 is 1.92 bits per heavy atom. The first-order valence-electron chi connectivity index (χ1n) is 11.6. The lowest BCUT2D eigenvalue weighted by Gasteiger charge is -2.37. The molecule has 0 radical (unpaired) electrons. The van der Waals surface area contributed by atoms with Crippen molar-refractivity contribution in [3.8, 4) is 0 Å². The van der Waals surface area contributed by atoms with Gasteiger partial charge >= 0.3 is 6.18 Å². The molecule has 2 fully saturated rings. The lowest BCUT2D eigenvalue weighted by atomic mass is 10.0. The summed E-state index contributed by atoms with van der Waals surface area (Å²) in [6.45, 7) is 2.55. The number of nitrogens with two attached hydrogens (primary N) is 1. The van der Waals surface area contributed by atoms with Crippen LogP contribution in [0.5, 0.6) is 0 Å². The van der Waals surface area contributed by atoms with Gasteiger partial charge in [0.25, 0.3) is 11.5 Å². The molecule has 194 valence electrons. The van der Waals surface area contributed by atoms with E-state index in [2.05, 4.69) is 20.2 Å². The number of hydrogen-bond donors (Lipinski definition) is 4. The summed E-state index contributed by atoms with van der Waals surface area (Å²) >= 11 is 0. The Kier molecular flexibility index (Phi) is 7.03. The second-order valence-corrected chi connectivity index (χ2v) is 9.04. The Balaban J connectivity index is 1.38. The normalized spacial score (nSPS) is 19.5. The van der Waals surface area contributed by atoms with Gasteiger partial charge in [-0.3, -0.25) is 19.9 Å². The molecule has 1 amide bonds. The summed E-state index contributed by atoms with van der Waals surface area (Å²) in [6.07, 6.45) is -2.73. The minimum absolute atomic E-state index is 0.0127. The minimum Gasteiger partial charge on any atom is -0.398 e. The monoisotopic (exact) mass is 509 g/mol. The number of nitrogen functional groups attached to an aromatic ring is 1. The molecule has 0 bridgehead atoms. The molecule has 0 spiro atoms. The fourth-order valence-electron chi connectivity index (χ4n) is 4.98. The second-order valence-electron chi connectivity index (χ2n) is 9.04. The van der Waals surface area contributed by atoms with E-state index in [1.807, 2.05) is 4.90 Å². The molecule has 9 nitrogen and oxygen atoms in total. The van der Waals surface area contributed by atoms with E-state index in [0.29, 0.717) is 37.4 Å². The number of hydrogen-bond acceptors (Lipinski definition) is 7. The molecule has 4 heterocycles. The molecule has 2 saturated heterocycles. The quantitative estimate of drug-likeness (QED) is 0.278. The maximum atomic E-state index is 14.5. The average Bonchev–Trinajstić information content (AvgIpc) is 3.33. The van der Waals surface area contributed by atoms with Crippen LogP contribution in [-0.2, 0) is 0 Å². The van der Waals surface area contributed by atoms with Gasteiger partial charge in [-0.2, -0.15) is 17.6 Å². The number of anilines is 2. The number of nitrogens with one attached hydrogen (secondary N) is 3. The number of carbonyl (C=O) groups is 1. The van der Waals surface area contributed by atoms with Crippen molar-refractivity contribution in [1.29, 1.82) is 5.41 Å². The molecule has 0 saturated carbocycles. The Morgan fingerprint density at radius 3 is 2.50 bits per heavy atom. The molecule has 0 aromatic carbocycles. The molecule has 2 aliphatic heterocycles. The van der Waals surface area contributed by atoms with E-state index in [1.54, 1.807) is 6.07 Å². The van der Waals surface area contributed by atoms with Gasteiger partial charge in [-0.05, 0) is 44.0 Å². The molecule has 13 heteroatoms. The van der Waals surface area contributed by atoms with Crippen molar-refractivity contribution >= 4 is 23.0 Å². The Labute approximate surface area is 204 Å². The third kappa shape index (κ3) is 5.06. The van der Waals surface area contributed by atoms with Crippen molar-refractivity contribution in [3.05, 3.63) is 51.5 Å². The Bertz CT molecular complexity index is 1220. The van der Waals surface area contributed by atoms with Crippen molar-refractivity contribution < 1.29 is 22.4 Å². The van der Waals surface area contributed by atoms with Gasteiger partial charge in [0.05, 0.1) is 11.3 Å². The molecule has 4 rings (SSSR count). The van der Waals surface area contributed by atoms with Crippen LogP contribution in [0.15, 0.2) is 23.0 Å². The van der Waals surface area contributed by atoms with Crippen molar-refractivity contribution in [2.24, 2.45) is 0 Å². The third-order valence-corrected chi connectivity index (χ3v) is 6.89. The summed E-state index contributed by atoms with van der Waals surface area (Å²) in [5.74, 6) is -1.26. The number of carbonyl (C=O) groups excluding carboxylic acids is 1. The number of halogens is 4. The number of piperidine rings is 1. The van der Waals surface area contributed by atoms with Gasteiger partial charge in [0.1, 0.15) is 5.69 Å². The number of aromatic amines is 1. The number of alkyl halides is 3. The first-order valence-corrected chi connectivity index (χ1v) is 11.6. The summed E-state index contributed by atoms with van der Waals surface area (Å²) in [6, 6.07) is 4.60. The van der Waals surface area contributed by atoms with Crippen LogP contribution in [0.4, 0.5) is 28.9 Å². The van der Waals surface area contributed by atoms with Gasteiger partial charge in [-0.1, -0.05) is 0 Å². The number of aromatic nitrogens is 2. The number of nitrogens with zero attached hydrogens (tertiary/aromatic N) is 3. The summed E-state index contributed by atoms with van der Waals surface area (Å²) in [7, 11) is 1.45. The van der Waals surface area contributed by atoms with E-state index in [-0.39, 0.29) is 23.3 Å². The Morgan fingerprint density at radius 1 is 1.22 bits per heavy atom. The van der Waals surface area contributed by atoms with Crippen molar-refractivity contribution in [2.45, 2.75) is 37.4 Å². The molecule has 2 aromatic heterocycles. The standard InChI is InChI=1S/C23H27F4N7O2/c1-30-21(35)15-2-3-17(20(24)31-15)33-8-5-13(6-9-33)34-7-4-12(11-34)16-10-14(28)18(22(36)32-16)19(29)23(25,26)27/h2-3,10,12-13,29H,4-9,11H2,1H3,(H,30,35)(H3,28,32,36). The van der Waals surface area contributed by atoms with E-state index in [1.165, 1.54) is 19.2 Å². The van der Waals surface area contributed by atoms with Crippen LogP contribution in [-0.4, -0.2) is 71.9 Å². The maximum Gasteiger partial charge on any atom is 0.433 e. The summed E-state index contributed by atoms with van der Waals surface area (Å²) in [5, 5.41) is 9.67. The zero-order valence-electron chi connectivity index (χ0n) is 19.6. The lowest BCUT2D eigenvalue weighted by molar-refractivity contribution is -0.0588. The number of likely N-dealkylation sites (tertiary alicyclic amines) is 1. The molecule has 5 N–H and O–H groups in total. The number of H-pyrrole nitrogens is 1. The summed E-state index contributed by atoms with van der Waals surface area (Å²) in [5.41, 5.74) is 2.56. The average molecular weight is 510 g/mol. The third-order valence-electron chi connectivity index (χ3n) is 6.89. The van der Waals surface area contributed by atoms with Gasteiger partial charge in [0.15, 0.2) is 5.71 Å². The van der Waals surface area contributed by atoms with Crippen LogP contribution in [0.1, 0.15) is 46.9 Å². The van der Waals surface area contributed by atoms with E-state index >= 15 is 0 Å². The molecule has 2 aliphatic rings. The molecule has 1 unspecified atom stereocenters. The number of pyridine rings is 2. The maximum absolute atomic E-state index is 14.5. The predicted octanol–water partition coefficient (Wildman–Crippen LogP) is 2.24. The molecule has 1 atom stereocenters. The second kappa shape index (κ2) is 9.88. The molecule has 36 heavy (non-hydrogen) atoms. The van der Waals surface area contributed by atoms with Crippen LogP contribution >= 0.6 is 0 Å². The van der Waals surface area contributed by atoms with Crippen molar-refractivity contribution in [3.63, 3.8) is 0 Å². The molecular formula is C23H27F4N7O2. The molecular weight excluding hydrogens is 482 g/mol. The zero-order chi connectivity index (χ0) is 26.2. The predicted molar refractivity (Wildman–Crippen MR) is 126 cm³/mol. The van der Waals surface area contributed by atoms with Crippen LogP contribution in [0.3, 0.4) is 0 Å². The number of rotatable bonds is 5. The van der Waals surface area contributed by atoms with E-state index in [4.69, 9.17) is 11.1 Å². The lowest BCUT2D eigenvalue weighted by Crippen LogP contribution is -2.44. The first kappa shape index (κ1) is 25.6. The van der Waals surface area contributed by atoms with E-state index in [9.17, 15) is 27.2 Å². The molecule has 0 aliphatic carbocycles. The molecule has 2 aromatic rings. The first-order chi connectivity index (χ1) is 17.0. The van der Waals surface area contributed by atoms with Gasteiger partial charge in [0, 0.05) is 50.0 Å². The highest BCUT2D eigenvalue weighted by Gasteiger charge is 2.39. The Hall–Kier alpha value is -3.48. The van der Waals surface area contributed by atoms with Crippen LogP contribution in [0.2, 0.25) is 0 Å². The zero-order valence-corrected chi connectivity index (χ0v) is 19.6. The highest BCUT2D eigenvalue weighted by atomic mass is 19.4.